The van der Waals surface area contributed by atoms with Crippen LogP contribution in [0.2, 0.25) is 0 Å². The standard InChI is InChI=1S/C43H76/c1-3-4-5-6-7-20-29-41-39(35-25-16-10-17-26-35)32-40-38(34-23-14-9-15-24-34)30-36(33-21-12-8-13-22-33)31-42(40)43(41,2)37-27-18-11-19-28-37/h33-42H,3-32H2,1-2H3. The van der Waals surface area contributed by atoms with Gasteiger partial charge in [0, 0.05) is 0 Å². The quantitative estimate of drug-likeness (QED) is 0.209. The molecule has 0 N–H and O–H groups in total. The molecule has 7 unspecified atom stereocenters. The van der Waals surface area contributed by atoms with Crippen LogP contribution in [0.25, 0.3) is 0 Å². The molecule has 7 atom stereocenters. The van der Waals surface area contributed by atoms with E-state index in [0.29, 0.717) is 5.41 Å². The zero-order chi connectivity index (χ0) is 29.5. The Labute approximate surface area is 270 Å². The van der Waals surface area contributed by atoms with Crippen LogP contribution >= 0.6 is 0 Å². The predicted octanol–water partition coefficient (Wildman–Crippen LogP) is 14.0. The van der Waals surface area contributed by atoms with Crippen LogP contribution in [0.15, 0.2) is 0 Å². The molecule has 0 aliphatic heterocycles. The summed E-state index contributed by atoms with van der Waals surface area (Å²) in [5.41, 5.74) is 0.634. The number of hydrogen-bond donors (Lipinski definition) is 0. The largest absolute Gasteiger partial charge is 0.0654 e. The van der Waals surface area contributed by atoms with Gasteiger partial charge in [0.25, 0.3) is 0 Å². The summed E-state index contributed by atoms with van der Waals surface area (Å²) in [4.78, 5) is 0. The normalized spacial score (nSPS) is 39.5. The summed E-state index contributed by atoms with van der Waals surface area (Å²) in [6.45, 7) is 5.41. The molecule has 0 aromatic heterocycles. The van der Waals surface area contributed by atoms with E-state index < -0.39 is 0 Å². The second-order valence-electron chi connectivity index (χ2n) is 18.1. The molecule has 6 aliphatic carbocycles. The Morgan fingerprint density at radius 3 is 1.56 bits per heavy atom. The van der Waals surface area contributed by atoms with Gasteiger partial charge < -0.3 is 0 Å². The Morgan fingerprint density at radius 2 is 0.953 bits per heavy atom. The van der Waals surface area contributed by atoms with E-state index in [2.05, 4.69) is 13.8 Å². The van der Waals surface area contributed by atoms with Crippen molar-refractivity contribution in [3.63, 3.8) is 0 Å². The molecule has 0 radical (unpaired) electrons. The second kappa shape index (κ2) is 16.2. The van der Waals surface area contributed by atoms with Crippen molar-refractivity contribution in [1.82, 2.24) is 0 Å². The van der Waals surface area contributed by atoms with Crippen molar-refractivity contribution in [2.45, 2.75) is 206 Å². The van der Waals surface area contributed by atoms with E-state index in [0.717, 1.165) is 59.2 Å². The minimum absolute atomic E-state index is 0.634. The second-order valence-corrected chi connectivity index (χ2v) is 18.1. The monoisotopic (exact) mass is 593 g/mol. The van der Waals surface area contributed by atoms with Crippen LogP contribution in [0, 0.1) is 64.6 Å². The first kappa shape index (κ1) is 32.9. The summed E-state index contributed by atoms with van der Waals surface area (Å²) >= 11 is 0. The highest BCUT2D eigenvalue weighted by Gasteiger charge is 2.60. The van der Waals surface area contributed by atoms with Crippen molar-refractivity contribution in [3.05, 3.63) is 0 Å². The Bertz CT molecular complexity index is 774. The topological polar surface area (TPSA) is 0 Å². The van der Waals surface area contributed by atoms with Crippen molar-refractivity contribution < 1.29 is 0 Å². The molecule has 0 spiro atoms. The molecule has 0 nitrogen and oxygen atoms in total. The van der Waals surface area contributed by atoms with Crippen LogP contribution in [0.5, 0.6) is 0 Å². The fourth-order valence-electron chi connectivity index (χ4n) is 13.9. The molecule has 0 heterocycles. The molecule has 0 saturated heterocycles. The highest BCUT2D eigenvalue weighted by atomic mass is 14.6. The van der Waals surface area contributed by atoms with Crippen LogP contribution in [-0.2, 0) is 0 Å². The Kier molecular flexibility index (Phi) is 12.4. The lowest BCUT2D eigenvalue weighted by molar-refractivity contribution is -0.163. The van der Waals surface area contributed by atoms with E-state index in [1.54, 1.807) is 135 Å². The average Bonchev–Trinajstić information content (AvgIpc) is 3.08. The SMILES string of the molecule is CCCCCCCCC1C(C2CCCCC2)CC2C(C3CCCCC3)CC(C3CCCCC3)CC2C1(C)C1CCCCC1. The van der Waals surface area contributed by atoms with Gasteiger partial charge in [-0.05, 0) is 103 Å². The van der Waals surface area contributed by atoms with Crippen molar-refractivity contribution in [2.24, 2.45) is 64.6 Å². The minimum atomic E-state index is 0.634. The maximum atomic E-state index is 3.03. The molecule has 0 aromatic carbocycles. The zero-order valence-corrected chi connectivity index (χ0v) is 29.5. The molecule has 6 aliphatic rings. The van der Waals surface area contributed by atoms with E-state index in [9.17, 15) is 0 Å². The number of fused-ring (bicyclic) bond motifs is 1. The van der Waals surface area contributed by atoms with Crippen molar-refractivity contribution >= 4 is 0 Å². The molecule has 248 valence electrons. The van der Waals surface area contributed by atoms with E-state index in [4.69, 9.17) is 0 Å². The van der Waals surface area contributed by atoms with Crippen LogP contribution in [0.4, 0.5) is 0 Å². The van der Waals surface area contributed by atoms with Crippen LogP contribution in [0.1, 0.15) is 206 Å². The smallest absolute Gasteiger partial charge is 0.0235 e. The van der Waals surface area contributed by atoms with Crippen LogP contribution in [0.3, 0.4) is 0 Å². The summed E-state index contributed by atoms with van der Waals surface area (Å²) in [5, 5.41) is 0. The van der Waals surface area contributed by atoms with Gasteiger partial charge >= 0.3 is 0 Å². The summed E-state index contributed by atoms with van der Waals surface area (Å²) in [6, 6.07) is 0. The van der Waals surface area contributed by atoms with Crippen molar-refractivity contribution in [1.29, 1.82) is 0 Å². The molecule has 0 amide bonds. The first-order valence-electron chi connectivity index (χ1n) is 21.2. The Morgan fingerprint density at radius 1 is 0.442 bits per heavy atom. The lowest BCUT2D eigenvalue weighted by Crippen LogP contribution is -2.58. The first-order valence-corrected chi connectivity index (χ1v) is 21.2. The highest BCUT2D eigenvalue weighted by Crippen LogP contribution is 2.67. The minimum Gasteiger partial charge on any atom is -0.0654 e. The third kappa shape index (κ3) is 7.61. The van der Waals surface area contributed by atoms with E-state index in [1.165, 1.54) is 57.8 Å². The number of hydrogen-bond acceptors (Lipinski definition) is 0. The number of rotatable bonds is 11. The predicted molar refractivity (Wildman–Crippen MR) is 187 cm³/mol. The zero-order valence-electron chi connectivity index (χ0n) is 29.5. The van der Waals surface area contributed by atoms with Gasteiger partial charge in [0.2, 0.25) is 0 Å². The molecule has 6 saturated carbocycles. The summed E-state index contributed by atoms with van der Waals surface area (Å²) in [5.74, 6) is 10.7. The van der Waals surface area contributed by atoms with E-state index >= 15 is 0 Å². The Balaban J connectivity index is 1.34. The van der Waals surface area contributed by atoms with Crippen LogP contribution < -0.4 is 0 Å². The molecule has 6 rings (SSSR count). The lowest BCUT2D eigenvalue weighted by Gasteiger charge is -2.65. The Hall–Kier alpha value is 0. The molecule has 0 heteroatoms. The molecule has 0 aromatic rings. The molecular weight excluding hydrogens is 516 g/mol. The van der Waals surface area contributed by atoms with Gasteiger partial charge in [-0.3, -0.25) is 0 Å². The van der Waals surface area contributed by atoms with Gasteiger partial charge in [-0.1, -0.05) is 168 Å². The van der Waals surface area contributed by atoms with Gasteiger partial charge in [-0.2, -0.15) is 0 Å². The van der Waals surface area contributed by atoms with E-state index in [-0.39, 0.29) is 0 Å². The molecule has 6 fully saturated rings. The van der Waals surface area contributed by atoms with Gasteiger partial charge in [0.05, 0.1) is 0 Å². The van der Waals surface area contributed by atoms with E-state index in [1.807, 2.05) is 0 Å². The van der Waals surface area contributed by atoms with Gasteiger partial charge in [-0.15, -0.1) is 0 Å². The molecule has 0 bridgehead atoms. The van der Waals surface area contributed by atoms with Gasteiger partial charge in [-0.25, -0.2) is 0 Å². The molecule has 43 heavy (non-hydrogen) atoms. The van der Waals surface area contributed by atoms with Gasteiger partial charge in [0.15, 0.2) is 0 Å². The molecular formula is C43H76. The maximum absolute atomic E-state index is 3.03. The van der Waals surface area contributed by atoms with Crippen molar-refractivity contribution in [2.75, 3.05) is 0 Å². The summed E-state index contributed by atoms with van der Waals surface area (Å²) in [6.07, 6.45) is 46.8. The van der Waals surface area contributed by atoms with Gasteiger partial charge in [0.1, 0.15) is 0 Å². The average molecular weight is 593 g/mol. The lowest BCUT2D eigenvalue weighted by atomic mass is 9.40. The third-order valence-electron chi connectivity index (χ3n) is 16.0. The third-order valence-corrected chi connectivity index (χ3v) is 16.0. The maximum Gasteiger partial charge on any atom is -0.0235 e. The first-order chi connectivity index (χ1) is 21.2. The summed E-state index contributed by atoms with van der Waals surface area (Å²) < 4.78 is 0. The number of unbranched alkanes of at least 4 members (excludes halogenated alkanes) is 5. The fraction of sp³-hybridized carbons (Fsp3) is 1.00. The summed E-state index contributed by atoms with van der Waals surface area (Å²) in [7, 11) is 0. The highest BCUT2D eigenvalue weighted by molar-refractivity contribution is 5.09. The van der Waals surface area contributed by atoms with Crippen LogP contribution in [-0.4, -0.2) is 0 Å². The van der Waals surface area contributed by atoms with Crippen molar-refractivity contribution in [3.8, 4) is 0 Å². The fourth-order valence-corrected chi connectivity index (χ4v) is 13.9.